The van der Waals surface area contributed by atoms with Gasteiger partial charge in [0, 0.05) is 30.6 Å². The molecule has 2 aliphatic rings. The van der Waals surface area contributed by atoms with E-state index in [0.29, 0.717) is 47.5 Å². The summed E-state index contributed by atoms with van der Waals surface area (Å²) in [5, 5.41) is 3.80. The molecule has 1 aromatic heterocycles. The van der Waals surface area contributed by atoms with Gasteiger partial charge in [-0.3, -0.25) is 4.79 Å². The average molecular weight is 342 g/mol. The van der Waals surface area contributed by atoms with Crippen molar-refractivity contribution in [3.05, 3.63) is 22.8 Å². The largest absolute Gasteiger partial charge is 0.378 e. The molecule has 1 N–H and O–H groups in total. The molecule has 0 bridgehead atoms. The molecule has 1 aromatic rings. The second kappa shape index (κ2) is 6.64. The summed E-state index contributed by atoms with van der Waals surface area (Å²) in [5.74, 6) is 0.618. The number of hydrogen-bond donors (Lipinski definition) is 1. The monoisotopic (exact) mass is 341 g/mol. The second-order valence-electron chi connectivity index (χ2n) is 5.70. The molecule has 7 heteroatoms. The van der Waals surface area contributed by atoms with Crippen LogP contribution in [-0.4, -0.2) is 59.6 Å². The Labute approximate surface area is 139 Å². The number of carbonyl (C=O) groups is 1. The molecule has 1 saturated heterocycles. The number of rotatable bonds is 5. The number of nitrogens with zero attached hydrogens (tertiary/aromatic N) is 2. The van der Waals surface area contributed by atoms with Crippen LogP contribution < -0.4 is 5.32 Å². The van der Waals surface area contributed by atoms with E-state index >= 15 is 0 Å². The standard InChI is InChI=1S/C15H20ClN3O2S/c1-22-15(2-3-15)10-18-13-12(16)8-11(9-17-13)14(20)19-4-6-21-7-5-19/h8-9H,2-7,10H2,1H3,(H,17,18). The van der Waals surface area contributed by atoms with E-state index in [2.05, 4.69) is 16.6 Å². The van der Waals surface area contributed by atoms with E-state index in [1.165, 1.54) is 12.8 Å². The fourth-order valence-electron chi connectivity index (χ4n) is 2.47. The molecule has 0 radical (unpaired) electrons. The molecule has 3 rings (SSSR count). The van der Waals surface area contributed by atoms with Crippen molar-refractivity contribution in [2.24, 2.45) is 0 Å². The number of anilines is 1. The van der Waals surface area contributed by atoms with Gasteiger partial charge in [0.25, 0.3) is 5.91 Å². The number of halogens is 1. The third-order valence-corrected chi connectivity index (χ3v) is 5.91. The van der Waals surface area contributed by atoms with Gasteiger partial charge in [0.2, 0.25) is 0 Å². The maximum atomic E-state index is 12.4. The maximum Gasteiger partial charge on any atom is 0.255 e. The van der Waals surface area contributed by atoms with E-state index in [4.69, 9.17) is 16.3 Å². The van der Waals surface area contributed by atoms with Gasteiger partial charge in [0.15, 0.2) is 0 Å². The molecular formula is C15H20ClN3O2S. The fraction of sp³-hybridized carbons (Fsp3) is 0.600. The molecular weight excluding hydrogens is 322 g/mol. The summed E-state index contributed by atoms with van der Waals surface area (Å²) < 4.78 is 5.60. The normalized spacial score (nSPS) is 19.8. The molecule has 0 atom stereocenters. The summed E-state index contributed by atoms with van der Waals surface area (Å²) >= 11 is 8.16. The summed E-state index contributed by atoms with van der Waals surface area (Å²) in [5.41, 5.74) is 0.531. The quantitative estimate of drug-likeness (QED) is 0.891. The van der Waals surface area contributed by atoms with E-state index in [0.717, 1.165) is 6.54 Å². The highest BCUT2D eigenvalue weighted by Gasteiger charge is 2.41. The van der Waals surface area contributed by atoms with Gasteiger partial charge in [0.05, 0.1) is 23.8 Å². The first-order valence-electron chi connectivity index (χ1n) is 7.45. The Balaban J connectivity index is 1.65. The number of hydrogen-bond acceptors (Lipinski definition) is 5. The van der Waals surface area contributed by atoms with Gasteiger partial charge < -0.3 is 15.0 Å². The second-order valence-corrected chi connectivity index (χ2v) is 7.38. The van der Waals surface area contributed by atoms with Crippen molar-refractivity contribution in [3.8, 4) is 0 Å². The van der Waals surface area contributed by atoms with E-state index in [9.17, 15) is 4.79 Å². The van der Waals surface area contributed by atoms with Gasteiger partial charge in [-0.25, -0.2) is 4.98 Å². The topological polar surface area (TPSA) is 54.5 Å². The van der Waals surface area contributed by atoms with E-state index < -0.39 is 0 Å². The molecule has 5 nitrogen and oxygen atoms in total. The molecule has 1 saturated carbocycles. The van der Waals surface area contributed by atoms with Crippen molar-refractivity contribution in [2.75, 3.05) is 44.4 Å². The van der Waals surface area contributed by atoms with Crippen LogP contribution in [0.2, 0.25) is 5.02 Å². The minimum absolute atomic E-state index is 0.0352. The zero-order chi connectivity index (χ0) is 15.6. The number of morpholine rings is 1. The van der Waals surface area contributed by atoms with Crippen molar-refractivity contribution in [2.45, 2.75) is 17.6 Å². The SMILES string of the molecule is CSC1(CNc2ncc(C(=O)N3CCOCC3)cc2Cl)CC1. The predicted octanol–water partition coefficient (Wildman–Crippen LogP) is 2.51. The summed E-state index contributed by atoms with van der Waals surface area (Å²) in [6.45, 7) is 3.27. The number of amides is 1. The first kappa shape index (κ1) is 15.9. The van der Waals surface area contributed by atoms with Crippen LogP contribution in [0.4, 0.5) is 5.82 Å². The molecule has 1 aliphatic carbocycles. The van der Waals surface area contributed by atoms with Gasteiger partial charge >= 0.3 is 0 Å². The van der Waals surface area contributed by atoms with Crippen LogP contribution in [0.5, 0.6) is 0 Å². The number of aromatic nitrogens is 1. The highest BCUT2D eigenvalue weighted by atomic mass is 35.5. The van der Waals surface area contributed by atoms with Crippen molar-refractivity contribution < 1.29 is 9.53 Å². The van der Waals surface area contributed by atoms with Gasteiger partial charge in [-0.15, -0.1) is 0 Å². The Hall–Kier alpha value is -0.980. The number of carbonyl (C=O) groups excluding carboxylic acids is 1. The third-order valence-electron chi connectivity index (χ3n) is 4.21. The lowest BCUT2D eigenvalue weighted by Crippen LogP contribution is -2.40. The molecule has 2 fully saturated rings. The number of ether oxygens (including phenoxy) is 1. The molecule has 2 heterocycles. The first-order valence-corrected chi connectivity index (χ1v) is 9.05. The lowest BCUT2D eigenvalue weighted by atomic mass is 10.2. The molecule has 22 heavy (non-hydrogen) atoms. The number of nitrogens with one attached hydrogen (secondary N) is 1. The predicted molar refractivity (Wildman–Crippen MR) is 89.9 cm³/mol. The molecule has 0 spiro atoms. The Bertz CT molecular complexity index is 560. The maximum absolute atomic E-state index is 12.4. The fourth-order valence-corrected chi connectivity index (χ4v) is 3.43. The summed E-state index contributed by atoms with van der Waals surface area (Å²) in [4.78, 5) is 18.5. The average Bonchev–Trinajstić information content (AvgIpc) is 3.34. The van der Waals surface area contributed by atoms with E-state index in [1.807, 2.05) is 11.8 Å². The molecule has 120 valence electrons. The van der Waals surface area contributed by atoms with Crippen molar-refractivity contribution in [1.82, 2.24) is 9.88 Å². The van der Waals surface area contributed by atoms with Gasteiger partial charge in [-0.2, -0.15) is 11.8 Å². The van der Waals surface area contributed by atoms with Gasteiger partial charge in [-0.1, -0.05) is 11.6 Å². The van der Waals surface area contributed by atoms with Crippen LogP contribution in [0.3, 0.4) is 0 Å². The number of pyridine rings is 1. The zero-order valence-corrected chi connectivity index (χ0v) is 14.2. The van der Waals surface area contributed by atoms with Crippen LogP contribution in [0.1, 0.15) is 23.2 Å². The van der Waals surface area contributed by atoms with Crippen molar-refractivity contribution in [1.29, 1.82) is 0 Å². The molecule has 1 amide bonds. The smallest absolute Gasteiger partial charge is 0.255 e. The molecule has 1 aliphatic heterocycles. The van der Waals surface area contributed by atoms with Crippen LogP contribution in [0.15, 0.2) is 12.3 Å². The Kier molecular flexibility index (Phi) is 4.80. The Morgan fingerprint density at radius 2 is 2.23 bits per heavy atom. The van der Waals surface area contributed by atoms with Crippen LogP contribution in [0, 0.1) is 0 Å². The first-order chi connectivity index (χ1) is 10.6. The summed E-state index contributed by atoms with van der Waals surface area (Å²) in [7, 11) is 0. The van der Waals surface area contributed by atoms with Crippen molar-refractivity contribution >= 4 is 35.1 Å². The van der Waals surface area contributed by atoms with Crippen LogP contribution in [0.25, 0.3) is 0 Å². The van der Waals surface area contributed by atoms with Crippen LogP contribution in [-0.2, 0) is 4.74 Å². The summed E-state index contributed by atoms with van der Waals surface area (Å²) in [6, 6.07) is 1.70. The lowest BCUT2D eigenvalue weighted by molar-refractivity contribution is 0.0302. The Morgan fingerprint density at radius 1 is 1.50 bits per heavy atom. The van der Waals surface area contributed by atoms with Gasteiger partial charge in [-0.05, 0) is 25.2 Å². The highest BCUT2D eigenvalue weighted by molar-refractivity contribution is 8.00. The Morgan fingerprint density at radius 3 is 2.82 bits per heavy atom. The van der Waals surface area contributed by atoms with E-state index in [1.54, 1.807) is 17.2 Å². The zero-order valence-electron chi connectivity index (χ0n) is 12.6. The lowest BCUT2D eigenvalue weighted by Gasteiger charge is -2.26. The van der Waals surface area contributed by atoms with Crippen molar-refractivity contribution in [3.63, 3.8) is 0 Å². The van der Waals surface area contributed by atoms with Crippen LogP contribution >= 0.6 is 23.4 Å². The molecule has 0 unspecified atom stereocenters. The minimum atomic E-state index is -0.0352. The minimum Gasteiger partial charge on any atom is -0.378 e. The van der Waals surface area contributed by atoms with E-state index in [-0.39, 0.29) is 5.91 Å². The number of thioether (sulfide) groups is 1. The molecule has 0 aromatic carbocycles. The highest BCUT2D eigenvalue weighted by Crippen LogP contribution is 2.47. The van der Waals surface area contributed by atoms with Gasteiger partial charge in [0.1, 0.15) is 5.82 Å². The summed E-state index contributed by atoms with van der Waals surface area (Å²) in [6.07, 6.45) is 6.19. The third kappa shape index (κ3) is 3.50.